The first kappa shape index (κ1) is 24.4. The number of methoxy groups -OCH3 is 1. The topological polar surface area (TPSA) is 147 Å². The molecule has 0 spiro atoms. The van der Waals surface area contributed by atoms with Crippen molar-refractivity contribution in [1.29, 1.82) is 0 Å². The molecule has 5 unspecified atom stereocenters. The van der Waals surface area contributed by atoms with Crippen LogP contribution >= 0.6 is 0 Å². The van der Waals surface area contributed by atoms with Gasteiger partial charge in [0.1, 0.15) is 30.5 Å². The van der Waals surface area contributed by atoms with Crippen LogP contribution in [0.5, 0.6) is 0 Å². The molecular weight excluding hydrogens is 386 g/mol. The monoisotopic (exact) mass is 421 g/mol. The average Bonchev–Trinajstić information content (AvgIpc) is 2.59. The molecule has 2 rings (SSSR count). The zero-order chi connectivity index (χ0) is 22.1. The summed E-state index contributed by atoms with van der Waals surface area (Å²) in [7, 11) is 1.36. The highest BCUT2D eigenvalue weighted by atomic mass is 16.7. The molecule has 0 aromatic carbocycles. The van der Waals surface area contributed by atoms with Crippen molar-refractivity contribution in [2.45, 2.75) is 108 Å². The van der Waals surface area contributed by atoms with Gasteiger partial charge in [0.15, 0.2) is 6.29 Å². The number of amides is 1. The minimum atomic E-state index is -1.19. The van der Waals surface area contributed by atoms with Crippen molar-refractivity contribution < 1.29 is 44.2 Å². The van der Waals surface area contributed by atoms with E-state index in [-0.39, 0.29) is 6.42 Å². The Kier molecular flexibility index (Phi) is 8.02. The highest BCUT2D eigenvalue weighted by Crippen LogP contribution is 2.30. The van der Waals surface area contributed by atoms with Gasteiger partial charge in [0.2, 0.25) is 5.91 Å². The van der Waals surface area contributed by atoms with Crippen LogP contribution in [0, 0.1) is 0 Å². The average molecular weight is 421 g/mol. The van der Waals surface area contributed by atoms with Gasteiger partial charge in [0.25, 0.3) is 0 Å². The van der Waals surface area contributed by atoms with Gasteiger partial charge in [-0.1, -0.05) is 0 Å². The van der Waals surface area contributed by atoms with Gasteiger partial charge in [-0.3, -0.25) is 4.79 Å². The standard InChI is InChI=1S/C19H35NO9/c1-8-12(20-11(21)7-19(4,5)25)15(24)17(26-6)18(28-8)29-16-13(22)9(2)27-10(3)14(16)23/h8-10,12-18,22-25H,7H2,1-6H3,(H,20,21)/t8?,9-,10?,12-,13?,14-,15-,16?,17?,18-/m0/s1. The predicted octanol–water partition coefficient (Wildman–Crippen LogP) is -1.33. The minimum absolute atomic E-state index is 0.142. The van der Waals surface area contributed by atoms with Crippen LogP contribution in [0.3, 0.4) is 0 Å². The van der Waals surface area contributed by atoms with Gasteiger partial charge in [-0.15, -0.1) is 0 Å². The third kappa shape index (κ3) is 5.86. The summed E-state index contributed by atoms with van der Waals surface area (Å²) in [6, 6.07) is -0.794. The molecule has 1 amide bonds. The second-order valence-electron chi connectivity index (χ2n) is 8.61. The van der Waals surface area contributed by atoms with Crippen LogP contribution in [-0.2, 0) is 23.7 Å². The highest BCUT2D eigenvalue weighted by molar-refractivity contribution is 5.77. The van der Waals surface area contributed by atoms with Gasteiger partial charge in [-0.2, -0.15) is 0 Å². The van der Waals surface area contributed by atoms with E-state index in [4.69, 9.17) is 18.9 Å². The fourth-order valence-corrected chi connectivity index (χ4v) is 3.76. The first-order chi connectivity index (χ1) is 13.4. The predicted molar refractivity (Wildman–Crippen MR) is 101 cm³/mol. The van der Waals surface area contributed by atoms with Crippen molar-refractivity contribution in [3.63, 3.8) is 0 Å². The highest BCUT2D eigenvalue weighted by Gasteiger charge is 2.49. The molecule has 0 aromatic rings. The third-order valence-corrected chi connectivity index (χ3v) is 5.38. The number of rotatable bonds is 6. The zero-order valence-electron chi connectivity index (χ0n) is 17.8. The molecule has 0 aromatic heterocycles. The maximum Gasteiger partial charge on any atom is 0.223 e. The van der Waals surface area contributed by atoms with Crippen molar-refractivity contribution in [3.05, 3.63) is 0 Å². The van der Waals surface area contributed by atoms with Crippen LogP contribution in [-0.4, -0.2) is 100 Å². The molecule has 10 atom stereocenters. The number of hydrogen-bond acceptors (Lipinski definition) is 9. The lowest BCUT2D eigenvalue weighted by Gasteiger charge is -2.47. The van der Waals surface area contributed by atoms with E-state index < -0.39 is 72.7 Å². The lowest BCUT2D eigenvalue weighted by Crippen LogP contribution is -2.66. The summed E-state index contributed by atoms with van der Waals surface area (Å²) in [4.78, 5) is 12.2. The number of aliphatic hydroxyl groups is 4. The summed E-state index contributed by atoms with van der Waals surface area (Å²) in [6.07, 6.45) is -8.35. The number of carbonyl (C=O) groups excluding carboxylic acids is 1. The zero-order valence-corrected chi connectivity index (χ0v) is 17.8. The second-order valence-corrected chi connectivity index (χ2v) is 8.61. The Morgan fingerprint density at radius 2 is 1.52 bits per heavy atom. The van der Waals surface area contributed by atoms with Crippen molar-refractivity contribution in [1.82, 2.24) is 5.32 Å². The summed E-state index contributed by atoms with van der Waals surface area (Å²) in [5.74, 6) is -0.441. The molecule has 0 saturated carbocycles. The molecule has 2 saturated heterocycles. The number of hydrogen-bond donors (Lipinski definition) is 5. The number of nitrogens with one attached hydrogen (secondary N) is 1. The summed E-state index contributed by atoms with van der Waals surface area (Å²) in [5.41, 5.74) is -1.19. The summed E-state index contributed by atoms with van der Waals surface area (Å²) in [5, 5.41) is 44.0. The van der Waals surface area contributed by atoms with Crippen LogP contribution in [0.15, 0.2) is 0 Å². The molecule has 2 aliphatic heterocycles. The maximum absolute atomic E-state index is 12.2. The molecule has 2 aliphatic rings. The van der Waals surface area contributed by atoms with Crippen LogP contribution < -0.4 is 5.32 Å². The molecule has 10 heteroatoms. The van der Waals surface area contributed by atoms with Gasteiger partial charge in [-0.05, 0) is 34.6 Å². The van der Waals surface area contributed by atoms with Crippen LogP contribution in [0.1, 0.15) is 41.0 Å². The summed E-state index contributed by atoms with van der Waals surface area (Å²) in [6.45, 7) is 8.02. The first-order valence-electron chi connectivity index (χ1n) is 9.90. The Hall–Kier alpha value is -0.850. The Morgan fingerprint density at radius 3 is 2.00 bits per heavy atom. The molecule has 10 nitrogen and oxygen atoms in total. The van der Waals surface area contributed by atoms with E-state index in [0.717, 1.165) is 0 Å². The number of aliphatic hydroxyl groups excluding tert-OH is 3. The van der Waals surface area contributed by atoms with Crippen molar-refractivity contribution in [2.24, 2.45) is 0 Å². The lowest BCUT2D eigenvalue weighted by molar-refractivity contribution is -0.326. The van der Waals surface area contributed by atoms with E-state index in [1.165, 1.54) is 21.0 Å². The van der Waals surface area contributed by atoms with E-state index in [1.807, 2.05) is 0 Å². The molecule has 2 fully saturated rings. The quantitative estimate of drug-likeness (QED) is 0.352. The summed E-state index contributed by atoms with van der Waals surface area (Å²) < 4.78 is 22.5. The largest absolute Gasteiger partial charge is 0.390 e. The fourth-order valence-electron chi connectivity index (χ4n) is 3.76. The van der Waals surface area contributed by atoms with E-state index in [1.54, 1.807) is 20.8 Å². The van der Waals surface area contributed by atoms with Gasteiger partial charge < -0.3 is 44.7 Å². The summed E-state index contributed by atoms with van der Waals surface area (Å²) >= 11 is 0. The fraction of sp³-hybridized carbons (Fsp3) is 0.947. The first-order valence-corrected chi connectivity index (χ1v) is 9.90. The van der Waals surface area contributed by atoms with Crippen LogP contribution in [0.4, 0.5) is 0 Å². The SMILES string of the molecule is COC1[C@H](OC2C(O)[C@H](C)OC(C)[C@@H]2O)OC(C)[C@H](NC(=O)CC(C)(C)O)[C@@H]1O. The van der Waals surface area contributed by atoms with Gasteiger partial charge in [0.05, 0.1) is 36.4 Å². The molecular formula is C19H35NO9. The Balaban J connectivity index is 2.10. The Morgan fingerprint density at radius 1 is 0.966 bits per heavy atom. The van der Waals surface area contributed by atoms with Gasteiger partial charge in [-0.25, -0.2) is 0 Å². The van der Waals surface area contributed by atoms with Crippen molar-refractivity contribution >= 4 is 5.91 Å². The van der Waals surface area contributed by atoms with Crippen molar-refractivity contribution in [2.75, 3.05) is 7.11 Å². The van der Waals surface area contributed by atoms with Crippen LogP contribution in [0.2, 0.25) is 0 Å². The molecule has 0 aliphatic carbocycles. The smallest absolute Gasteiger partial charge is 0.223 e. The molecule has 2 heterocycles. The molecule has 170 valence electrons. The van der Waals surface area contributed by atoms with E-state index in [2.05, 4.69) is 5.32 Å². The molecule has 0 radical (unpaired) electrons. The normalized spacial score (nSPS) is 43.8. The Bertz CT molecular complexity index is 540. The minimum Gasteiger partial charge on any atom is -0.390 e. The van der Waals surface area contributed by atoms with E-state index in [0.29, 0.717) is 0 Å². The van der Waals surface area contributed by atoms with Crippen molar-refractivity contribution in [3.8, 4) is 0 Å². The number of ether oxygens (including phenoxy) is 4. The third-order valence-electron chi connectivity index (χ3n) is 5.38. The molecule has 5 N–H and O–H groups in total. The van der Waals surface area contributed by atoms with Gasteiger partial charge in [0, 0.05) is 7.11 Å². The number of carbonyl (C=O) groups is 1. The molecule has 0 bridgehead atoms. The van der Waals surface area contributed by atoms with Gasteiger partial charge >= 0.3 is 0 Å². The van der Waals surface area contributed by atoms with E-state index >= 15 is 0 Å². The lowest BCUT2D eigenvalue weighted by atomic mass is 9.94. The van der Waals surface area contributed by atoms with Crippen LogP contribution in [0.25, 0.3) is 0 Å². The Labute approximate surface area is 171 Å². The molecule has 29 heavy (non-hydrogen) atoms. The second kappa shape index (κ2) is 9.52. The maximum atomic E-state index is 12.2. The van der Waals surface area contributed by atoms with E-state index in [9.17, 15) is 25.2 Å².